The number of rotatable bonds is 8. The molecule has 0 spiro atoms. The number of hydrogen-bond donors (Lipinski definition) is 3. The van der Waals surface area contributed by atoms with Gasteiger partial charge in [-0.2, -0.15) is 5.10 Å². The second kappa shape index (κ2) is 9.20. The fourth-order valence-corrected chi connectivity index (χ4v) is 3.59. The lowest BCUT2D eigenvalue weighted by Gasteiger charge is -2.28. The lowest BCUT2D eigenvalue weighted by atomic mass is 9.96. The van der Waals surface area contributed by atoms with Crippen molar-refractivity contribution in [3.05, 3.63) is 96.0 Å². The maximum Gasteiger partial charge on any atom is 0.134 e. The van der Waals surface area contributed by atoms with Crippen molar-refractivity contribution >= 4 is 5.69 Å². The monoisotopic (exact) mass is 417 g/mol. The highest BCUT2D eigenvalue weighted by Crippen LogP contribution is 2.29. The largest absolute Gasteiger partial charge is 0.461 e. The zero-order valence-electron chi connectivity index (χ0n) is 17.6. The molecular weight excluding hydrogens is 390 g/mol. The van der Waals surface area contributed by atoms with Crippen LogP contribution in [0.2, 0.25) is 0 Å². The summed E-state index contributed by atoms with van der Waals surface area (Å²) in [4.78, 5) is 0. The molecule has 3 N–H and O–H groups in total. The first-order chi connectivity index (χ1) is 15.0. The third-order valence-electron chi connectivity index (χ3n) is 5.29. The van der Waals surface area contributed by atoms with Crippen molar-refractivity contribution in [2.75, 3.05) is 5.32 Å². The third-order valence-corrected chi connectivity index (χ3v) is 5.29. The summed E-state index contributed by atoms with van der Waals surface area (Å²) in [6, 6.07) is 21.1. The van der Waals surface area contributed by atoms with E-state index < -0.39 is 18.2 Å². The molecule has 0 bridgehead atoms. The summed E-state index contributed by atoms with van der Waals surface area (Å²) in [5.41, 5.74) is 3.76. The number of furan rings is 1. The maximum atomic E-state index is 10.7. The molecular formula is C25H27N3O3. The van der Waals surface area contributed by atoms with Gasteiger partial charge in [-0.25, -0.2) is 0 Å². The maximum absolute atomic E-state index is 10.7. The number of hydrogen-bond acceptors (Lipinski definition) is 5. The molecule has 6 nitrogen and oxygen atoms in total. The highest BCUT2D eigenvalue weighted by atomic mass is 16.3. The lowest BCUT2D eigenvalue weighted by molar-refractivity contribution is 0.0190. The Kier molecular flexibility index (Phi) is 6.21. The Hall–Kier alpha value is -3.35. The number of nitrogens with one attached hydrogen (secondary N) is 1. The molecule has 2 heterocycles. The molecule has 0 saturated carbocycles. The van der Waals surface area contributed by atoms with E-state index in [0.717, 1.165) is 33.9 Å². The van der Waals surface area contributed by atoms with E-state index in [4.69, 9.17) is 4.42 Å². The Labute approximate surface area is 181 Å². The molecule has 0 aliphatic heterocycles. The van der Waals surface area contributed by atoms with Crippen LogP contribution < -0.4 is 5.32 Å². The normalized spacial score (nSPS) is 14.2. The molecule has 4 aromatic rings. The standard InChI is InChI=1S/C25H27N3O3/c1-17-7-12-23(31-17)21-5-3-6-22(15-21)27-24(25(30)18(2)29)20-10-8-19(9-11-20)16-28-14-4-13-26-28/h3-15,18,24-25,27,29-30H,16H2,1-2H3/t18-,24+,25+/m0/s1. The first kappa shape index (κ1) is 20.9. The number of benzene rings is 2. The van der Waals surface area contributed by atoms with E-state index in [0.29, 0.717) is 6.54 Å². The molecule has 31 heavy (non-hydrogen) atoms. The van der Waals surface area contributed by atoms with Crippen molar-refractivity contribution in [1.29, 1.82) is 0 Å². The summed E-state index contributed by atoms with van der Waals surface area (Å²) >= 11 is 0. The van der Waals surface area contributed by atoms with E-state index >= 15 is 0 Å². The van der Waals surface area contributed by atoms with Gasteiger partial charge in [-0.3, -0.25) is 4.68 Å². The average molecular weight is 418 g/mol. The minimum absolute atomic E-state index is 0.479. The summed E-state index contributed by atoms with van der Waals surface area (Å²) in [6.07, 6.45) is 1.80. The molecule has 0 radical (unpaired) electrons. The van der Waals surface area contributed by atoms with Crippen molar-refractivity contribution in [3.63, 3.8) is 0 Å². The van der Waals surface area contributed by atoms with Gasteiger partial charge in [0, 0.05) is 23.6 Å². The molecule has 0 saturated heterocycles. The van der Waals surface area contributed by atoms with Crippen LogP contribution in [-0.2, 0) is 6.54 Å². The summed E-state index contributed by atoms with van der Waals surface area (Å²) in [7, 11) is 0. The quantitative estimate of drug-likeness (QED) is 0.396. The van der Waals surface area contributed by atoms with Crippen LogP contribution in [-0.4, -0.2) is 32.2 Å². The summed E-state index contributed by atoms with van der Waals surface area (Å²) in [5.74, 6) is 1.64. The SMILES string of the molecule is Cc1ccc(-c2cccc(N[C@H](c3ccc(Cn4cccn4)cc3)[C@H](O)[C@H](C)O)c2)o1. The molecule has 0 amide bonds. The Balaban J connectivity index is 1.57. The van der Waals surface area contributed by atoms with E-state index in [9.17, 15) is 10.2 Å². The number of aryl methyl sites for hydroxylation is 1. The van der Waals surface area contributed by atoms with Crippen molar-refractivity contribution in [3.8, 4) is 11.3 Å². The Bertz CT molecular complexity index is 1100. The molecule has 2 aromatic heterocycles. The summed E-state index contributed by atoms with van der Waals surface area (Å²) < 4.78 is 7.59. The van der Waals surface area contributed by atoms with Gasteiger partial charge in [0.15, 0.2) is 0 Å². The second-order valence-corrected chi connectivity index (χ2v) is 7.79. The molecule has 0 unspecified atom stereocenters. The molecule has 6 heteroatoms. The van der Waals surface area contributed by atoms with E-state index in [-0.39, 0.29) is 0 Å². The van der Waals surface area contributed by atoms with Crippen LogP contribution in [0.5, 0.6) is 0 Å². The number of aromatic nitrogens is 2. The lowest BCUT2D eigenvalue weighted by Crippen LogP contribution is -2.34. The van der Waals surface area contributed by atoms with Crippen LogP contribution in [0.15, 0.2) is 83.5 Å². The minimum atomic E-state index is -0.980. The molecule has 0 aliphatic rings. The Morgan fingerprint density at radius 3 is 2.48 bits per heavy atom. The van der Waals surface area contributed by atoms with Gasteiger partial charge in [0.1, 0.15) is 17.6 Å². The number of aliphatic hydroxyl groups is 2. The van der Waals surface area contributed by atoms with E-state index in [2.05, 4.69) is 10.4 Å². The molecule has 2 aromatic carbocycles. The number of nitrogens with zero attached hydrogens (tertiary/aromatic N) is 2. The van der Waals surface area contributed by atoms with Crippen LogP contribution in [0, 0.1) is 6.92 Å². The number of aliphatic hydroxyl groups excluding tert-OH is 2. The first-order valence-corrected chi connectivity index (χ1v) is 10.4. The predicted molar refractivity (Wildman–Crippen MR) is 121 cm³/mol. The fourth-order valence-electron chi connectivity index (χ4n) is 3.59. The van der Waals surface area contributed by atoms with Gasteiger partial charge in [-0.15, -0.1) is 0 Å². The van der Waals surface area contributed by atoms with E-state index in [1.807, 2.05) is 84.5 Å². The molecule has 0 fully saturated rings. The van der Waals surface area contributed by atoms with Crippen molar-refractivity contribution in [2.45, 2.75) is 38.6 Å². The van der Waals surface area contributed by atoms with Gasteiger partial charge in [-0.1, -0.05) is 36.4 Å². The highest BCUT2D eigenvalue weighted by Gasteiger charge is 2.25. The zero-order chi connectivity index (χ0) is 21.8. The second-order valence-electron chi connectivity index (χ2n) is 7.79. The van der Waals surface area contributed by atoms with Crippen LogP contribution in [0.1, 0.15) is 29.9 Å². The van der Waals surface area contributed by atoms with Gasteiger partial charge in [-0.05, 0) is 55.3 Å². The Morgan fingerprint density at radius 2 is 1.84 bits per heavy atom. The smallest absolute Gasteiger partial charge is 0.134 e. The highest BCUT2D eigenvalue weighted by molar-refractivity contribution is 5.64. The van der Waals surface area contributed by atoms with Gasteiger partial charge >= 0.3 is 0 Å². The molecule has 3 atom stereocenters. The van der Waals surface area contributed by atoms with Gasteiger partial charge in [0.05, 0.1) is 18.7 Å². The topological polar surface area (TPSA) is 83.5 Å². The minimum Gasteiger partial charge on any atom is -0.461 e. The van der Waals surface area contributed by atoms with Crippen LogP contribution in [0.25, 0.3) is 11.3 Å². The third kappa shape index (κ3) is 5.05. The molecule has 0 aliphatic carbocycles. The van der Waals surface area contributed by atoms with Gasteiger partial charge in [0.2, 0.25) is 0 Å². The summed E-state index contributed by atoms with van der Waals surface area (Å²) in [5, 5.41) is 28.4. The van der Waals surface area contributed by atoms with Crippen LogP contribution in [0.4, 0.5) is 5.69 Å². The van der Waals surface area contributed by atoms with Crippen molar-refractivity contribution < 1.29 is 14.6 Å². The number of anilines is 1. The van der Waals surface area contributed by atoms with Gasteiger partial charge in [0.25, 0.3) is 0 Å². The van der Waals surface area contributed by atoms with E-state index in [1.165, 1.54) is 0 Å². The Morgan fingerprint density at radius 1 is 1.03 bits per heavy atom. The van der Waals surface area contributed by atoms with Gasteiger partial charge < -0.3 is 19.9 Å². The fraction of sp³-hybridized carbons (Fsp3) is 0.240. The first-order valence-electron chi connectivity index (χ1n) is 10.4. The van der Waals surface area contributed by atoms with Crippen molar-refractivity contribution in [2.24, 2.45) is 0 Å². The molecule has 160 valence electrons. The summed E-state index contributed by atoms with van der Waals surface area (Å²) in [6.45, 7) is 4.18. The zero-order valence-corrected chi connectivity index (χ0v) is 17.6. The molecule has 4 rings (SSSR count). The van der Waals surface area contributed by atoms with E-state index in [1.54, 1.807) is 13.1 Å². The average Bonchev–Trinajstić information content (AvgIpc) is 3.44. The van der Waals surface area contributed by atoms with Crippen molar-refractivity contribution in [1.82, 2.24) is 9.78 Å². The van der Waals surface area contributed by atoms with Crippen LogP contribution >= 0.6 is 0 Å². The predicted octanol–water partition coefficient (Wildman–Crippen LogP) is 4.39. The van der Waals surface area contributed by atoms with Crippen LogP contribution in [0.3, 0.4) is 0 Å².